The molecule has 25 heavy (non-hydrogen) atoms. The summed E-state index contributed by atoms with van der Waals surface area (Å²) in [4.78, 5) is 25.5. The first-order valence-corrected chi connectivity index (χ1v) is 8.49. The van der Waals surface area contributed by atoms with Crippen LogP contribution in [0.25, 0.3) is 22.2 Å². The first-order valence-electron chi connectivity index (χ1n) is 8.49. The first-order chi connectivity index (χ1) is 12.1. The standard InChI is InChI=1S/C19H20N4O2/c1-12-20-11-17(23(12)2)14-6-13-7-15(21-10-16(13)22-9-14)8-18(24)19-4-3-5-25-19/h6-7,9-11,19H,3-5,8H2,1-2H3/t19-/m0/s1. The van der Waals surface area contributed by atoms with E-state index in [9.17, 15) is 4.79 Å². The molecule has 0 unspecified atom stereocenters. The number of Topliss-reactive ketones (excluding diaryl/α,β-unsaturated/α-hetero) is 1. The minimum Gasteiger partial charge on any atom is -0.370 e. The summed E-state index contributed by atoms with van der Waals surface area (Å²) in [5, 5.41) is 0.974. The summed E-state index contributed by atoms with van der Waals surface area (Å²) in [5.74, 6) is 1.06. The highest BCUT2D eigenvalue weighted by molar-refractivity contribution is 5.87. The number of hydrogen-bond acceptors (Lipinski definition) is 5. The molecule has 1 fully saturated rings. The molecule has 1 aliphatic rings. The second kappa shape index (κ2) is 6.37. The number of ketones is 1. The quantitative estimate of drug-likeness (QED) is 0.732. The number of ether oxygens (including phenoxy) is 1. The van der Waals surface area contributed by atoms with Crippen molar-refractivity contribution in [3.63, 3.8) is 0 Å². The van der Waals surface area contributed by atoms with E-state index in [1.165, 1.54) is 0 Å². The van der Waals surface area contributed by atoms with Crippen LogP contribution in [0.3, 0.4) is 0 Å². The van der Waals surface area contributed by atoms with Crippen LogP contribution in [-0.2, 0) is 23.0 Å². The zero-order valence-corrected chi connectivity index (χ0v) is 14.4. The maximum absolute atomic E-state index is 12.3. The van der Waals surface area contributed by atoms with Gasteiger partial charge in [-0.15, -0.1) is 0 Å². The van der Waals surface area contributed by atoms with Crippen molar-refractivity contribution in [3.05, 3.63) is 42.2 Å². The summed E-state index contributed by atoms with van der Waals surface area (Å²) in [6, 6.07) is 4.02. The normalized spacial score (nSPS) is 17.3. The number of fused-ring (bicyclic) bond motifs is 1. The lowest BCUT2D eigenvalue weighted by Gasteiger charge is -2.09. The van der Waals surface area contributed by atoms with Gasteiger partial charge in [0.2, 0.25) is 0 Å². The average molecular weight is 336 g/mol. The van der Waals surface area contributed by atoms with Gasteiger partial charge in [0.25, 0.3) is 0 Å². The summed E-state index contributed by atoms with van der Waals surface area (Å²) < 4.78 is 7.50. The van der Waals surface area contributed by atoms with Gasteiger partial charge in [0.15, 0.2) is 5.78 Å². The van der Waals surface area contributed by atoms with Crippen molar-refractivity contribution < 1.29 is 9.53 Å². The van der Waals surface area contributed by atoms with Crippen molar-refractivity contribution in [1.82, 2.24) is 19.5 Å². The van der Waals surface area contributed by atoms with Gasteiger partial charge >= 0.3 is 0 Å². The molecule has 128 valence electrons. The van der Waals surface area contributed by atoms with Crippen LogP contribution in [0, 0.1) is 6.92 Å². The molecule has 6 heteroatoms. The maximum atomic E-state index is 12.3. The fourth-order valence-electron chi connectivity index (χ4n) is 3.21. The molecule has 0 saturated carbocycles. The van der Waals surface area contributed by atoms with Crippen molar-refractivity contribution in [1.29, 1.82) is 0 Å². The van der Waals surface area contributed by atoms with Gasteiger partial charge in [-0.1, -0.05) is 0 Å². The molecule has 3 aromatic rings. The van der Waals surface area contributed by atoms with Crippen LogP contribution >= 0.6 is 0 Å². The van der Waals surface area contributed by atoms with Crippen LogP contribution in [0.2, 0.25) is 0 Å². The maximum Gasteiger partial charge on any atom is 0.167 e. The highest BCUT2D eigenvalue weighted by atomic mass is 16.5. The summed E-state index contributed by atoms with van der Waals surface area (Å²) in [5.41, 5.74) is 3.59. The fourth-order valence-corrected chi connectivity index (χ4v) is 3.21. The molecule has 0 N–H and O–H groups in total. The van der Waals surface area contributed by atoms with Gasteiger partial charge in [-0.25, -0.2) is 4.98 Å². The third-order valence-corrected chi connectivity index (χ3v) is 4.78. The molecule has 1 saturated heterocycles. The number of aryl methyl sites for hydroxylation is 1. The van der Waals surface area contributed by atoms with Gasteiger partial charge in [-0.3, -0.25) is 14.8 Å². The summed E-state index contributed by atoms with van der Waals surface area (Å²) >= 11 is 0. The monoisotopic (exact) mass is 336 g/mol. The first kappa shape index (κ1) is 15.9. The van der Waals surface area contributed by atoms with Gasteiger partial charge in [0.05, 0.1) is 30.0 Å². The Labute approximate surface area is 145 Å². The molecule has 1 aliphatic heterocycles. The van der Waals surface area contributed by atoms with Crippen LogP contribution < -0.4 is 0 Å². The lowest BCUT2D eigenvalue weighted by molar-refractivity contribution is -0.127. The van der Waals surface area contributed by atoms with E-state index in [1.54, 1.807) is 6.20 Å². The van der Waals surface area contributed by atoms with E-state index in [4.69, 9.17) is 4.74 Å². The molecule has 0 spiro atoms. The van der Waals surface area contributed by atoms with E-state index in [0.717, 1.165) is 46.5 Å². The van der Waals surface area contributed by atoms with Crippen molar-refractivity contribution in [2.75, 3.05) is 6.61 Å². The van der Waals surface area contributed by atoms with Gasteiger partial charge in [0.1, 0.15) is 11.9 Å². The molecule has 1 atom stereocenters. The molecule has 0 radical (unpaired) electrons. The molecule has 0 amide bonds. The van der Waals surface area contributed by atoms with Crippen molar-refractivity contribution in [3.8, 4) is 11.3 Å². The smallest absolute Gasteiger partial charge is 0.167 e. The lowest BCUT2D eigenvalue weighted by atomic mass is 10.1. The fraction of sp³-hybridized carbons (Fsp3) is 0.368. The second-order valence-corrected chi connectivity index (χ2v) is 6.49. The van der Waals surface area contributed by atoms with Gasteiger partial charge in [-0.05, 0) is 31.9 Å². The lowest BCUT2D eigenvalue weighted by Crippen LogP contribution is -2.21. The molecule has 4 heterocycles. The molecular formula is C19H20N4O2. The van der Waals surface area contributed by atoms with Crippen LogP contribution in [0.4, 0.5) is 0 Å². The number of hydrogen-bond donors (Lipinski definition) is 0. The topological polar surface area (TPSA) is 69.9 Å². The van der Waals surface area contributed by atoms with Gasteiger partial charge < -0.3 is 9.30 Å². The van der Waals surface area contributed by atoms with Crippen molar-refractivity contribution >= 4 is 16.7 Å². The van der Waals surface area contributed by atoms with Crippen LogP contribution in [0.15, 0.2) is 30.7 Å². The Bertz CT molecular complexity index is 942. The third kappa shape index (κ3) is 3.05. The Morgan fingerprint density at radius 2 is 2.12 bits per heavy atom. The van der Waals surface area contributed by atoms with E-state index >= 15 is 0 Å². The predicted octanol–water partition coefficient (Wildman–Crippen LogP) is 2.63. The zero-order valence-electron chi connectivity index (χ0n) is 14.4. The minimum absolute atomic E-state index is 0.107. The number of carbonyl (C=O) groups is 1. The molecule has 4 rings (SSSR count). The van der Waals surface area contributed by atoms with E-state index in [-0.39, 0.29) is 11.9 Å². The SMILES string of the molecule is Cc1ncc(-c2cnc3cnc(CC(=O)[C@@H]4CCCO4)cc3c2)n1C. The van der Waals surface area contributed by atoms with E-state index in [0.29, 0.717) is 13.0 Å². The molecule has 0 bridgehead atoms. The third-order valence-electron chi connectivity index (χ3n) is 4.78. The molecule has 0 aromatic carbocycles. The van der Waals surface area contributed by atoms with E-state index in [2.05, 4.69) is 21.0 Å². The Balaban J connectivity index is 1.64. The number of imidazole rings is 1. The second-order valence-electron chi connectivity index (χ2n) is 6.49. The minimum atomic E-state index is -0.264. The number of carbonyl (C=O) groups excluding carboxylic acids is 1. The Morgan fingerprint density at radius 1 is 1.24 bits per heavy atom. The number of nitrogens with zero attached hydrogens (tertiary/aromatic N) is 4. The van der Waals surface area contributed by atoms with E-state index < -0.39 is 0 Å². The predicted molar refractivity (Wildman–Crippen MR) is 94.2 cm³/mol. The number of rotatable bonds is 4. The average Bonchev–Trinajstić information content (AvgIpc) is 3.26. The van der Waals surface area contributed by atoms with Crippen LogP contribution in [-0.4, -0.2) is 38.0 Å². The van der Waals surface area contributed by atoms with Crippen LogP contribution in [0.5, 0.6) is 0 Å². The van der Waals surface area contributed by atoms with Gasteiger partial charge in [-0.2, -0.15) is 0 Å². The van der Waals surface area contributed by atoms with Crippen molar-refractivity contribution in [2.45, 2.75) is 32.3 Å². The van der Waals surface area contributed by atoms with Crippen LogP contribution in [0.1, 0.15) is 24.4 Å². The largest absolute Gasteiger partial charge is 0.370 e. The summed E-state index contributed by atoms with van der Waals surface area (Å²) in [7, 11) is 1.99. The highest BCUT2D eigenvalue weighted by Gasteiger charge is 2.23. The Kier molecular flexibility index (Phi) is 4.05. The number of aromatic nitrogens is 4. The molecule has 0 aliphatic carbocycles. The van der Waals surface area contributed by atoms with Gasteiger partial charge in [0, 0.05) is 36.5 Å². The molecular weight excluding hydrogens is 316 g/mol. The highest BCUT2D eigenvalue weighted by Crippen LogP contribution is 2.23. The van der Waals surface area contributed by atoms with Crippen molar-refractivity contribution in [2.24, 2.45) is 7.05 Å². The summed E-state index contributed by atoms with van der Waals surface area (Å²) in [6.45, 7) is 2.65. The summed E-state index contributed by atoms with van der Waals surface area (Å²) in [6.07, 6.45) is 7.22. The molecule has 6 nitrogen and oxygen atoms in total. The van der Waals surface area contributed by atoms with E-state index in [1.807, 2.05) is 37.0 Å². The Hall–Kier alpha value is -2.60. The molecule has 3 aromatic heterocycles. The zero-order chi connectivity index (χ0) is 17.4. The number of pyridine rings is 2. The Morgan fingerprint density at radius 3 is 2.84 bits per heavy atom.